The maximum absolute atomic E-state index is 10.1. The minimum atomic E-state index is -0.339. The summed E-state index contributed by atoms with van der Waals surface area (Å²) in [4.78, 5) is 10.1. The van der Waals surface area contributed by atoms with Crippen LogP contribution in [0.25, 0.3) is 0 Å². The molecule has 0 aromatic rings. The van der Waals surface area contributed by atoms with Gasteiger partial charge in [0, 0.05) is 12.5 Å². The van der Waals surface area contributed by atoms with Crippen LogP contribution in [0.1, 0.15) is 6.92 Å². The van der Waals surface area contributed by atoms with E-state index in [1.165, 1.54) is 24.8 Å². The van der Waals surface area contributed by atoms with Crippen molar-refractivity contribution in [1.82, 2.24) is 0 Å². The van der Waals surface area contributed by atoms with Crippen molar-refractivity contribution in [3.05, 3.63) is 23.9 Å². The summed E-state index contributed by atoms with van der Waals surface area (Å²) in [7, 11) is 0. The molecule has 0 spiro atoms. The molecule has 0 N–H and O–H groups in total. The summed E-state index contributed by atoms with van der Waals surface area (Å²) in [5, 5.41) is 0. The van der Waals surface area contributed by atoms with Crippen LogP contribution in [0, 0.1) is 0 Å². The molecule has 0 aromatic heterocycles. The van der Waals surface area contributed by atoms with Gasteiger partial charge in [-0.1, -0.05) is 11.6 Å². The maximum Gasteiger partial charge on any atom is 0.307 e. The first-order chi connectivity index (χ1) is 4.27. The van der Waals surface area contributed by atoms with Gasteiger partial charge < -0.3 is 4.74 Å². The maximum atomic E-state index is 10.1. The molecule has 0 radical (unpaired) electrons. The highest BCUT2D eigenvalue weighted by molar-refractivity contribution is 6.25. The molecule has 0 bridgehead atoms. The van der Waals surface area contributed by atoms with E-state index in [-0.39, 0.29) is 5.97 Å². The van der Waals surface area contributed by atoms with E-state index in [9.17, 15) is 4.79 Å². The summed E-state index contributed by atoms with van der Waals surface area (Å²) < 4.78 is 4.41. The third kappa shape index (κ3) is 7.24. The molecule has 0 heterocycles. The summed E-state index contributed by atoms with van der Waals surface area (Å²) in [6.45, 7) is 1.33. The van der Waals surface area contributed by atoms with Gasteiger partial charge in [-0.2, -0.15) is 0 Å². The van der Waals surface area contributed by atoms with Gasteiger partial charge in [-0.25, -0.2) is 0 Å². The Morgan fingerprint density at radius 3 is 2.67 bits per heavy atom. The van der Waals surface area contributed by atoms with E-state index in [4.69, 9.17) is 11.6 Å². The van der Waals surface area contributed by atoms with Gasteiger partial charge in [-0.05, 0) is 12.2 Å². The Labute approximate surface area is 58.8 Å². The molecule has 0 rings (SSSR count). The van der Waals surface area contributed by atoms with E-state index >= 15 is 0 Å². The van der Waals surface area contributed by atoms with Crippen molar-refractivity contribution in [2.24, 2.45) is 0 Å². The predicted octanol–water partition coefficient (Wildman–Crippen LogP) is 1.82. The molecular formula is C6H7ClO2. The molecule has 0 atom stereocenters. The van der Waals surface area contributed by atoms with Gasteiger partial charge in [0.15, 0.2) is 0 Å². The Kier molecular flexibility index (Phi) is 4.92. The first kappa shape index (κ1) is 8.24. The van der Waals surface area contributed by atoms with E-state index in [0.29, 0.717) is 0 Å². The van der Waals surface area contributed by atoms with Crippen molar-refractivity contribution in [1.29, 1.82) is 0 Å². The number of carbonyl (C=O) groups excluding carboxylic acids is 1. The summed E-state index contributed by atoms with van der Waals surface area (Å²) in [5.74, 6) is -0.339. The van der Waals surface area contributed by atoms with Gasteiger partial charge in [0.1, 0.15) is 0 Å². The topological polar surface area (TPSA) is 26.3 Å². The molecule has 0 aliphatic rings. The molecule has 0 aliphatic heterocycles. The number of halogens is 1. The second kappa shape index (κ2) is 5.38. The Balaban J connectivity index is 3.36. The summed E-state index contributed by atoms with van der Waals surface area (Å²) in [5.41, 5.74) is 1.32. The van der Waals surface area contributed by atoms with Crippen LogP contribution in [0.15, 0.2) is 23.9 Å². The Hall–Kier alpha value is -0.760. The number of hydrogen-bond donors (Lipinski definition) is 0. The van der Waals surface area contributed by atoms with Gasteiger partial charge in [-0.15, -0.1) is 0 Å². The minimum Gasteiger partial charge on any atom is -0.435 e. The van der Waals surface area contributed by atoms with Gasteiger partial charge in [-0.3, -0.25) is 4.79 Å². The van der Waals surface area contributed by atoms with Crippen molar-refractivity contribution in [3.63, 3.8) is 0 Å². The van der Waals surface area contributed by atoms with Crippen molar-refractivity contribution >= 4 is 17.6 Å². The molecule has 50 valence electrons. The molecule has 0 aromatic carbocycles. The average molecular weight is 147 g/mol. The number of carbonyl (C=O) groups is 1. The highest BCUT2D eigenvalue weighted by atomic mass is 35.5. The number of rotatable bonds is 2. The van der Waals surface area contributed by atoms with Crippen LogP contribution in [0.5, 0.6) is 0 Å². The normalized spacial score (nSPS) is 10.9. The molecular weight excluding hydrogens is 140 g/mol. The van der Waals surface area contributed by atoms with Crippen molar-refractivity contribution in [3.8, 4) is 0 Å². The second-order valence-electron chi connectivity index (χ2n) is 1.26. The van der Waals surface area contributed by atoms with Crippen LogP contribution in [-0.4, -0.2) is 5.97 Å². The molecule has 3 heteroatoms. The first-order valence-corrected chi connectivity index (χ1v) is 2.80. The van der Waals surface area contributed by atoms with Gasteiger partial charge in [0.25, 0.3) is 0 Å². The molecule has 0 amide bonds. The quantitative estimate of drug-likeness (QED) is 0.338. The molecule has 2 nitrogen and oxygen atoms in total. The monoisotopic (exact) mass is 146 g/mol. The van der Waals surface area contributed by atoms with Gasteiger partial charge >= 0.3 is 5.97 Å². The highest BCUT2D eigenvalue weighted by Crippen LogP contribution is 1.82. The van der Waals surface area contributed by atoms with Crippen LogP contribution in [0.2, 0.25) is 0 Å². The molecule has 0 saturated heterocycles. The average Bonchev–Trinajstić information content (AvgIpc) is 1.80. The smallest absolute Gasteiger partial charge is 0.307 e. The fourth-order valence-corrected chi connectivity index (χ4v) is 0.306. The molecule has 0 unspecified atom stereocenters. The lowest BCUT2D eigenvalue weighted by Gasteiger charge is -1.85. The van der Waals surface area contributed by atoms with Crippen molar-refractivity contribution in [2.45, 2.75) is 6.92 Å². The van der Waals surface area contributed by atoms with E-state index in [2.05, 4.69) is 4.74 Å². The number of esters is 1. The number of ether oxygens (including phenoxy) is 1. The SMILES string of the molecule is CC(=O)OC=CC=CCl. The minimum absolute atomic E-state index is 0.339. The predicted molar refractivity (Wildman–Crippen MR) is 35.9 cm³/mol. The van der Waals surface area contributed by atoms with E-state index in [1.807, 2.05) is 0 Å². The van der Waals surface area contributed by atoms with Gasteiger partial charge in [0.2, 0.25) is 0 Å². The third-order valence-corrected chi connectivity index (χ3v) is 0.642. The lowest BCUT2D eigenvalue weighted by atomic mass is 10.6. The zero-order valence-corrected chi connectivity index (χ0v) is 5.76. The number of hydrogen-bond acceptors (Lipinski definition) is 2. The van der Waals surface area contributed by atoms with E-state index in [1.54, 1.807) is 6.08 Å². The molecule has 9 heavy (non-hydrogen) atoms. The van der Waals surface area contributed by atoms with Crippen LogP contribution in [-0.2, 0) is 9.53 Å². The lowest BCUT2D eigenvalue weighted by Crippen LogP contribution is -1.88. The Morgan fingerprint density at radius 1 is 1.56 bits per heavy atom. The highest BCUT2D eigenvalue weighted by Gasteiger charge is 1.81. The molecule has 0 fully saturated rings. The summed E-state index contributed by atoms with van der Waals surface area (Å²) in [6, 6.07) is 0. The Morgan fingerprint density at radius 2 is 2.22 bits per heavy atom. The zero-order chi connectivity index (χ0) is 7.11. The fourth-order valence-electron chi connectivity index (χ4n) is 0.222. The van der Waals surface area contributed by atoms with Crippen LogP contribution >= 0.6 is 11.6 Å². The van der Waals surface area contributed by atoms with Crippen LogP contribution in [0.4, 0.5) is 0 Å². The number of allylic oxidation sites excluding steroid dienone is 2. The fraction of sp³-hybridized carbons (Fsp3) is 0.167. The van der Waals surface area contributed by atoms with Crippen LogP contribution in [0.3, 0.4) is 0 Å². The second-order valence-corrected chi connectivity index (χ2v) is 1.51. The zero-order valence-electron chi connectivity index (χ0n) is 5.00. The van der Waals surface area contributed by atoms with E-state index in [0.717, 1.165) is 0 Å². The van der Waals surface area contributed by atoms with Crippen LogP contribution < -0.4 is 0 Å². The van der Waals surface area contributed by atoms with Crippen molar-refractivity contribution in [2.75, 3.05) is 0 Å². The first-order valence-electron chi connectivity index (χ1n) is 2.36. The Bertz CT molecular complexity index is 138. The standard InChI is InChI=1S/C6H7ClO2/c1-6(8)9-5-3-2-4-7/h2-5H,1H3. The van der Waals surface area contributed by atoms with Gasteiger partial charge in [0.05, 0.1) is 6.26 Å². The lowest BCUT2D eigenvalue weighted by molar-refractivity contribution is -0.135. The molecule has 0 saturated carbocycles. The van der Waals surface area contributed by atoms with E-state index < -0.39 is 0 Å². The summed E-state index contributed by atoms with van der Waals surface area (Å²) in [6.07, 6.45) is 4.33. The molecule has 0 aliphatic carbocycles. The third-order valence-electron chi connectivity index (χ3n) is 0.496. The largest absolute Gasteiger partial charge is 0.435 e. The summed E-state index contributed by atoms with van der Waals surface area (Å²) >= 11 is 5.14. The van der Waals surface area contributed by atoms with Crippen molar-refractivity contribution < 1.29 is 9.53 Å².